The highest BCUT2D eigenvalue weighted by molar-refractivity contribution is 5.91. The fourth-order valence-electron chi connectivity index (χ4n) is 3.65. The molecule has 33 heavy (non-hydrogen) atoms. The Bertz CT molecular complexity index is 1290. The third-order valence-electron chi connectivity index (χ3n) is 5.28. The van der Waals surface area contributed by atoms with Crippen molar-refractivity contribution in [2.75, 3.05) is 21.3 Å². The first-order valence-corrected chi connectivity index (χ1v) is 10.2. The Morgan fingerprint density at radius 1 is 0.788 bits per heavy atom. The highest BCUT2D eigenvalue weighted by Gasteiger charge is 2.17. The summed E-state index contributed by atoms with van der Waals surface area (Å²) in [5.74, 6) is 1.49. The predicted molar refractivity (Wildman–Crippen MR) is 122 cm³/mol. The van der Waals surface area contributed by atoms with Crippen LogP contribution >= 0.6 is 0 Å². The molecule has 0 aliphatic rings. The van der Waals surface area contributed by atoms with Crippen LogP contribution in [0.2, 0.25) is 0 Å². The Labute approximate surface area is 190 Å². The SMILES string of the molecule is COC(=O)Cc1c(C)oc2c(OC)cccc12.COc1cccc2c(CC(=O)O)c(C)oc12. The standard InChI is InChI=1S/C13H14O4.C12H12O4/c1-8-10(7-12(14)16-3)9-5-4-6-11(15-2)13(9)17-8;1-7-9(6-11(13)14)8-4-3-5-10(15-2)12(8)16-7/h4-6H,7H2,1-3H3;3-5H,6H2,1-2H3,(H,13,14). The lowest BCUT2D eigenvalue weighted by atomic mass is 10.1. The third kappa shape index (κ3) is 4.95. The highest BCUT2D eigenvalue weighted by Crippen LogP contribution is 2.33. The average Bonchev–Trinajstić information content (AvgIpc) is 3.29. The molecular weight excluding hydrogens is 428 g/mol. The lowest BCUT2D eigenvalue weighted by molar-refractivity contribution is -0.140. The zero-order valence-corrected chi connectivity index (χ0v) is 19.2. The molecule has 4 rings (SSSR count). The largest absolute Gasteiger partial charge is 0.493 e. The molecule has 2 aromatic carbocycles. The predicted octanol–water partition coefficient (Wildman–Crippen LogP) is 4.84. The number of hydrogen-bond donors (Lipinski definition) is 1. The molecule has 1 N–H and O–H groups in total. The van der Waals surface area contributed by atoms with Gasteiger partial charge in [-0.25, -0.2) is 0 Å². The van der Waals surface area contributed by atoms with Crippen LogP contribution in [0.1, 0.15) is 22.6 Å². The molecule has 0 aliphatic heterocycles. The molecular formula is C25H26O8. The number of carboxylic acid groups (broad SMARTS) is 1. The zero-order valence-electron chi connectivity index (χ0n) is 19.2. The van der Waals surface area contributed by atoms with Crippen molar-refractivity contribution < 1.29 is 37.7 Å². The van der Waals surface area contributed by atoms with Crippen LogP contribution < -0.4 is 9.47 Å². The molecule has 0 radical (unpaired) electrons. The van der Waals surface area contributed by atoms with Gasteiger partial charge in [0.1, 0.15) is 11.5 Å². The van der Waals surface area contributed by atoms with E-state index < -0.39 is 5.97 Å². The number of carbonyl (C=O) groups excluding carboxylic acids is 1. The molecule has 0 saturated carbocycles. The van der Waals surface area contributed by atoms with Crippen molar-refractivity contribution >= 4 is 33.9 Å². The molecule has 8 nitrogen and oxygen atoms in total. The third-order valence-corrected chi connectivity index (χ3v) is 5.28. The lowest BCUT2D eigenvalue weighted by Crippen LogP contribution is -2.04. The topological polar surface area (TPSA) is 108 Å². The Morgan fingerprint density at radius 3 is 1.64 bits per heavy atom. The van der Waals surface area contributed by atoms with Crippen LogP contribution in [0.15, 0.2) is 45.2 Å². The van der Waals surface area contributed by atoms with E-state index in [1.807, 2.05) is 37.3 Å². The summed E-state index contributed by atoms with van der Waals surface area (Å²) in [6, 6.07) is 11.1. The van der Waals surface area contributed by atoms with E-state index in [-0.39, 0.29) is 18.8 Å². The van der Waals surface area contributed by atoms with Gasteiger partial charge in [0.05, 0.1) is 34.2 Å². The van der Waals surface area contributed by atoms with Gasteiger partial charge in [0.25, 0.3) is 0 Å². The van der Waals surface area contributed by atoms with E-state index in [4.69, 9.17) is 23.4 Å². The van der Waals surface area contributed by atoms with E-state index in [0.717, 1.165) is 22.1 Å². The summed E-state index contributed by atoms with van der Waals surface area (Å²) < 4.78 is 26.2. The minimum atomic E-state index is -0.867. The fourth-order valence-corrected chi connectivity index (χ4v) is 3.65. The zero-order chi connectivity index (χ0) is 24.1. The molecule has 2 heterocycles. The van der Waals surface area contributed by atoms with Crippen molar-refractivity contribution in [3.8, 4) is 11.5 Å². The summed E-state index contributed by atoms with van der Waals surface area (Å²) in [5.41, 5.74) is 2.84. The van der Waals surface area contributed by atoms with Crippen LogP contribution in [-0.4, -0.2) is 38.4 Å². The molecule has 0 atom stereocenters. The van der Waals surface area contributed by atoms with E-state index in [1.165, 1.54) is 7.11 Å². The normalized spacial score (nSPS) is 10.6. The molecule has 4 aromatic rings. The quantitative estimate of drug-likeness (QED) is 0.412. The first kappa shape index (κ1) is 23.7. The maximum absolute atomic E-state index is 11.3. The molecule has 2 aromatic heterocycles. The van der Waals surface area contributed by atoms with Gasteiger partial charge in [-0.15, -0.1) is 0 Å². The molecule has 8 heteroatoms. The molecule has 0 amide bonds. The molecule has 0 aliphatic carbocycles. The number of carboxylic acids is 1. The number of para-hydroxylation sites is 2. The number of benzene rings is 2. The van der Waals surface area contributed by atoms with E-state index >= 15 is 0 Å². The van der Waals surface area contributed by atoms with Crippen LogP contribution in [0.25, 0.3) is 21.9 Å². The maximum atomic E-state index is 11.3. The van der Waals surface area contributed by atoms with Gasteiger partial charge >= 0.3 is 11.9 Å². The Balaban J connectivity index is 0.000000186. The van der Waals surface area contributed by atoms with Crippen molar-refractivity contribution in [1.82, 2.24) is 0 Å². The molecule has 174 valence electrons. The molecule has 0 fully saturated rings. The molecule has 0 spiro atoms. The second-order valence-corrected chi connectivity index (χ2v) is 7.27. The Kier molecular flexibility index (Phi) is 7.27. The van der Waals surface area contributed by atoms with Crippen LogP contribution in [0.3, 0.4) is 0 Å². The Morgan fingerprint density at radius 2 is 1.24 bits per heavy atom. The number of fused-ring (bicyclic) bond motifs is 2. The molecule has 0 saturated heterocycles. The maximum Gasteiger partial charge on any atom is 0.310 e. The number of methoxy groups -OCH3 is 3. The van der Waals surface area contributed by atoms with Crippen molar-refractivity contribution in [2.24, 2.45) is 0 Å². The van der Waals surface area contributed by atoms with Gasteiger partial charge in [-0.1, -0.05) is 24.3 Å². The van der Waals surface area contributed by atoms with Crippen molar-refractivity contribution in [2.45, 2.75) is 26.7 Å². The summed E-state index contributed by atoms with van der Waals surface area (Å²) in [5, 5.41) is 10.5. The van der Waals surface area contributed by atoms with E-state index in [2.05, 4.69) is 4.74 Å². The number of rotatable bonds is 6. The number of carbonyl (C=O) groups is 2. The van der Waals surface area contributed by atoms with Crippen molar-refractivity contribution in [3.05, 3.63) is 59.0 Å². The van der Waals surface area contributed by atoms with E-state index in [9.17, 15) is 9.59 Å². The number of ether oxygens (including phenoxy) is 3. The number of esters is 1. The van der Waals surface area contributed by atoms with E-state index in [1.54, 1.807) is 27.2 Å². The van der Waals surface area contributed by atoms with Gasteiger partial charge in [-0.05, 0) is 26.0 Å². The lowest BCUT2D eigenvalue weighted by Gasteiger charge is -2.00. The van der Waals surface area contributed by atoms with Gasteiger partial charge in [0, 0.05) is 21.9 Å². The average molecular weight is 454 g/mol. The second-order valence-electron chi connectivity index (χ2n) is 7.27. The number of hydrogen-bond acceptors (Lipinski definition) is 7. The second kappa shape index (κ2) is 10.1. The first-order chi connectivity index (χ1) is 15.8. The van der Waals surface area contributed by atoms with Gasteiger partial charge in [-0.3, -0.25) is 9.59 Å². The number of aryl methyl sites for hydroxylation is 2. The van der Waals surface area contributed by atoms with Gasteiger partial charge in [0.2, 0.25) is 0 Å². The fraction of sp³-hybridized carbons (Fsp3) is 0.280. The van der Waals surface area contributed by atoms with Gasteiger partial charge in [-0.2, -0.15) is 0 Å². The summed E-state index contributed by atoms with van der Waals surface area (Å²) in [6.45, 7) is 3.59. The van der Waals surface area contributed by atoms with Crippen LogP contribution in [0.5, 0.6) is 11.5 Å². The van der Waals surface area contributed by atoms with Crippen LogP contribution in [0.4, 0.5) is 0 Å². The monoisotopic (exact) mass is 454 g/mol. The Hall–Kier alpha value is -3.94. The van der Waals surface area contributed by atoms with Crippen LogP contribution in [0, 0.1) is 13.8 Å². The molecule has 0 bridgehead atoms. The number of aliphatic carboxylic acids is 1. The van der Waals surface area contributed by atoms with Crippen LogP contribution in [-0.2, 0) is 27.2 Å². The summed E-state index contributed by atoms with van der Waals surface area (Å²) in [7, 11) is 4.52. The minimum absolute atomic E-state index is 0.0357. The smallest absolute Gasteiger partial charge is 0.310 e. The highest BCUT2D eigenvalue weighted by atomic mass is 16.5. The van der Waals surface area contributed by atoms with Crippen molar-refractivity contribution in [1.29, 1.82) is 0 Å². The summed E-state index contributed by atoms with van der Waals surface area (Å²) in [4.78, 5) is 22.1. The summed E-state index contributed by atoms with van der Waals surface area (Å²) in [6.07, 6.45) is 0.175. The molecule has 0 unspecified atom stereocenters. The van der Waals surface area contributed by atoms with Gasteiger partial charge in [0.15, 0.2) is 22.7 Å². The van der Waals surface area contributed by atoms with E-state index in [0.29, 0.717) is 34.0 Å². The summed E-state index contributed by atoms with van der Waals surface area (Å²) >= 11 is 0. The van der Waals surface area contributed by atoms with Crippen molar-refractivity contribution in [3.63, 3.8) is 0 Å². The first-order valence-electron chi connectivity index (χ1n) is 10.2. The minimum Gasteiger partial charge on any atom is -0.493 e. The van der Waals surface area contributed by atoms with Gasteiger partial charge < -0.3 is 28.2 Å². The number of furan rings is 2.